The summed E-state index contributed by atoms with van der Waals surface area (Å²) >= 11 is 0. The van der Waals surface area contributed by atoms with Crippen LogP contribution < -0.4 is 9.46 Å². The highest BCUT2D eigenvalue weighted by molar-refractivity contribution is 7.89. The SMILES string of the molecule is COc1ccc(C(CNS(=O)(=O)c2ccc(C#N)cc2)N2CCCCC2)cc1. The number of rotatable bonds is 7. The average Bonchev–Trinajstić information content (AvgIpc) is 2.75. The molecule has 0 radical (unpaired) electrons. The fourth-order valence-electron chi connectivity index (χ4n) is 3.49. The third kappa shape index (κ3) is 4.90. The van der Waals surface area contributed by atoms with Crippen molar-refractivity contribution >= 4 is 10.0 Å². The van der Waals surface area contributed by atoms with Gasteiger partial charge in [0.2, 0.25) is 10.0 Å². The number of sulfonamides is 1. The Hall–Kier alpha value is -2.40. The quantitative estimate of drug-likeness (QED) is 0.774. The summed E-state index contributed by atoms with van der Waals surface area (Å²) in [6.07, 6.45) is 3.45. The molecular weight excluding hydrogens is 374 g/mol. The molecule has 1 fully saturated rings. The van der Waals surface area contributed by atoms with E-state index in [1.807, 2.05) is 30.3 Å². The molecule has 1 atom stereocenters. The first-order chi connectivity index (χ1) is 13.5. The minimum Gasteiger partial charge on any atom is -0.497 e. The van der Waals surface area contributed by atoms with Crippen molar-refractivity contribution in [3.05, 3.63) is 59.7 Å². The van der Waals surface area contributed by atoms with Crippen LogP contribution in [0.3, 0.4) is 0 Å². The number of benzene rings is 2. The molecule has 2 aromatic carbocycles. The van der Waals surface area contributed by atoms with Gasteiger partial charge in [-0.15, -0.1) is 0 Å². The third-order valence-corrected chi connectivity index (χ3v) is 6.53. The fourth-order valence-corrected chi connectivity index (χ4v) is 4.53. The molecule has 3 rings (SSSR count). The molecule has 1 heterocycles. The van der Waals surface area contributed by atoms with Crippen LogP contribution in [0.25, 0.3) is 0 Å². The van der Waals surface area contributed by atoms with Crippen LogP contribution in [0.15, 0.2) is 53.4 Å². The topological polar surface area (TPSA) is 82.4 Å². The minimum atomic E-state index is -3.65. The standard InChI is InChI=1S/C21H25N3O3S/c1-27-19-9-7-18(8-10-19)21(24-13-3-2-4-14-24)16-23-28(25,26)20-11-5-17(15-22)6-12-20/h5-12,21,23H,2-4,13-14,16H2,1H3. The second kappa shape index (κ2) is 9.20. The smallest absolute Gasteiger partial charge is 0.240 e. The van der Waals surface area contributed by atoms with Gasteiger partial charge in [-0.2, -0.15) is 5.26 Å². The average molecular weight is 400 g/mol. The van der Waals surface area contributed by atoms with E-state index < -0.39 is 10.0 Å². The molecule has 148 valence electrons. The van der Waals surface area contributed by atoms with Gasteiger partial charge < -0.3 is 4.74 Å². The van der Waals surface area contributed by atoms with E-state index in [-0.39, 0.29) is 17.5 Å². The van der Waals surface area contributed by atoms with Crippen molar-refractivity contribution in [1.29, 1.82) is 5.26 Å². The molecule has 7 heteroatoms. The van der Waals surface area contributed by atoms with Crippen molar-refractivity contribution in [2.24, 2.45) is 0 Å². The van der Waals surface area contributed by atoms with Crippen molar-refractivity contribution in [2.75, 3.05) is 26.7 Å². The normalized spacial score (nSPS) is 16.3. The van der Waals surface area contributed by atoms with Crippen molar-refractivity contribution in [1.82, 2.24) is 9.62 Å². The summed E-state index contributed by atoms with van der Waals surface area (Å²) in [7, 11) is -2.02. The zero-order valence-corrected chi connectivity index (χ0v) is 16.8. The maximum atomic E-state index is 12.7. The van der Waals surface area contributed by atoms with Gasteiger partial charge in [0, 0.05) is 12.6 Å². The number of ether oxygens (including phenoxy) is 1. The van der Waals surface area contributed by atoms with Crippen molar-refractivity contribution in [2.45, 2.75) is 30.2 Å². The van der Waals surface area contributed by atoms with E-state index >= 15 is 0 Å². The number of nitrogens with one attached hydrogen (secondary N) is 1. The van der Waals surface area contributed by atoms with E-state index in [2.05, 4.69) is 9.62 Å². The summed E-state index contributed by atoms with van der Waals surface area (Å²) < 4.78 is 33.4. The molecule has 6 nitrogen and oxygen atoms in total. The Balaban J connectivity index is 1.78. The van der Waals surface area contributed by atoms with Gasteiger partial charge in [0.25, 0.3) is 0 Å². The largest absolute Gasteiger partial charge is 0.497 e. The molecule has 1 aliphatic rings. The molecular formula is C21H25N3O3S. The van der Waals surface area contributed by atoms with Gasteiger partial charge in [0.1, 0.15) is 5.75 Å². The molecule has 0 amide bonds. The maximum Gasteiger partial charge on any atom is 0.240 e. The first kappa shape index (κ1) is 20.3. The highest BCUT2D eigenvalue weighted by Crippen LogP contribution is 2.26. The second-order valence-corrected chi connectivity index (χ2v) is 8.64. The molecule has 0 aromatic heterocycles. The van der Waals surface area contributed by atoms with Crippen LogP contribution in [0, 0.1) is 11.3 Å². The highest BCUT2D eigenvalue weighted by Gasteiger charge is 2.25. The lowest BCUT2D eigenvalue weighted by molar-refractivity contribution is 0.164. The molecule has 0 spiro atoms. The summed E-state index contributed by atoms with van der Waals surface area (Å²) in [5.41, 5.74) is 1.49. The Labute approximate surface area is 166 Å². The first-order valence-corrected chi connectivity index (χ1v) is 10.9. The Morgan fingerprint density at radius 3 is 2.29 bits per heavy atom. The summed E-state index contributed by atoms with van der Waals surface area (Å²) in [6.45, 7) is 2.19. The van der Waals surface area contributed by atoms with Gasteiger partial charge in [-0.1, -0.05) is 18.6 Å². The van der Waals surface area contributed by atoms with E-state index in [0.717, 1.165) is 37.2 Å². The van der Waals surface area contributed by atoms with Crippen LogP contribution in [0.2, 0.25) is 0 Å². The maximum absolute atomic E-state index is 12.7. The zero-order valence-electron chi connectivity index (χ0n) is 16.0. The van der Waals surface area contributed by atoms with Gasteiger partial charge in [-0.3, -0.25) is 4.90 Å². The number of likely N-dealkylation sites (tertiary alicyclic amines) is 1. The highest BCUT2D eigenvalue weighted by atomic mass is 32.2. The van der Waals surface area contributed by atoms with Crippen LogP contribution in [0.5, 0.6) is 5.75 Å². The van der Waals surface area contributed by atoms with E-state index in [0.29, 0.717) is 5.56 Å². The summed E-state index contributed by atoms with van der Waals surface area (Å²) in [5.74, 6) is 0.777. The number of hydrogen-bond acceptors (Lipinski definition) is 5. The molecule has 1 unspecified atom stereocenters. The molecule has 0 saturated carbocycles. The Morgan fingerprint density at radius 2 is 1.71 bits per heavy atom. The van der Waals surface area contributed by atoms with Gasteiger partial charge in [-0.05, 0) is 67.9 Å². The monoisotopic (exact) mass is 399 g/mol. The van der Waals surface area contributed by atoms with Gasteiger partial charge in [0.15, 0.2) is 0 Å². The second-order valence-electron chi connectivity index (χ2n) is 6.87. The zero-order chi connectivity index (χ0) is 20.0. The Morgan fingerprint density at radius 1 is 1.07 bits per heavy atom. The van der Waals surface area contributed by atoms with Crippen molar-refractivity contribution in [3.63, 3.8) is 0 Å². The lowest BCUT2D eigenvalue weighted by atomic mass is 10.0. The molecule has 2 aromatic rings. The first-order valence-electron chi connectivity index (χ1n) is 9.41. The van der Waals surface area contributed by atoms with Crippen LogP contribution in [0.4, 0.5) is 0 Å². The molecule has 0 aliphatic carbocycles. The summed E-state index contributed by atoms with van der Waals surface area (Å²) in [6, 6.07) is 15.7. The predicted molar refractivity (Wildman–Crippen MR) is 108 cm³/mol. The number of hydrogen-bond donors (Lipinski definition) is 1. The van der Waals surface area contributed by atoms with Crippen LogP contribution in [0.1, 0.15) is 36.4 Å². The van der Waals surface area contributed by atoms with E-state index in [9.17, 15) is 8.42 Å². The summed E-state index contributed by atoms with van der Waals surface area (Å²) in [5, 5.41) is 8.89. The molecule has 1 N–H and O–H groups in total. The van der Waals surface area contributed by atoms with E-state index in [4.69, 9.17) is 10.00 Å². The molecule has 1 aliphatic heterocycles. The number of piperidine rings is 1. The minimum absolute atomic E-state index is 0.0423. The lowest BCUT2D eigenvalue weighted by Crippen LogP contribution is -2.40. The van der Waals surface area contributed by atoms with E-state index in [1.54, 1.807) is 7.11 Å². The van der Waals surface area contributed by atoms with Crippen LogP contribution >= 0.6 is 0 Å². The Bertz CT molecular complexity index is 913. The van der Waals surface area contributed by atoms with Gasteiger partial charge in [-0.25, -0.2) is 13.1 Å². The van der Waals surface area contributed by atoms with E-state index in [1.165, 1.54) is 30.7 Å². The van der Waals surface area contributed by atoms with Crippen molar-refractivity contribution < 1.29 is 13.2 Å². The van der Waals surface area contributed by atoms with Crippen LogP contribution in [-0.4, -0.2) is 40.1 Å². The molecule has 28 heavy (non-hydrogen) atoms. The van der Waals surface area contributed by atoms with Gasteiger partial charge >= 0.3 is 0 Å². The summed E-state index contributed by atoms with van der Waals surface area (Å²) in [4.78, 5) is 2.51. The number of nitriles is 1. The van der Waals surface area contributed by atoms with Crippen molar-refractivity contribution in [3.8, 4) is 11.8 Å². The van der Waals surface area contributed by atoms with Crippen LogP contribution in [-0.2, 0) is 10.0 Å². The Kier molecular flexibility index (Phi) is 6.68. The fraction of sp³-hybridized carbons (Fsp3) is 0.381. The molecule has 1 saturated heterocycles. The molecule has 0 bridgehead atoms. The van der Waals surface area contributed by atoms with Gasteiger partial charge in [0.05, 0.1) is 23.6 Å². The lowest BCUT2D eigenvalue weighted by Gasteiger charge is -2.35. The third-order valence-electron chi connectivity index (χ3n) is 5.09. The number of methoxy groups -OCH3 is 1. The predicted octanol–water partition coefficient (Wildman–Crippen LogP) is 3.07. The number of nitrogens with zero attached hydrogens (tertiary/aromatic N) is 2.